The Hall–Kier alpha value is -1.84. The predicted molar refractivity (Wildman–Crippen MR) is 96.9 cm³/mol. The van der Waals surface area contributed by atoms with Crippen molar-refractivity contribution in [2.24, 2.45) is 5.92 Å². The summed E-state index contributed by atoms with van der Waals surface area (Å²) in [5.41, 5.74) is 1.55. The molecule has 1 aromatic carbocycles. The summed E-state index contributed by atoms with van der Waals surface area (Å²) in [6, 6.07) is 7.20. The average Bonchev–Trinajstić information content (AvgIpc) is 2.81. The van der Waals surface area contributed by atoms with Crippen LogP contribution in [0.2, 0.25) is 0 Å². The summed E-state index contributed by atoms with van der Waals surface area (Å²) < 4.78 is 0. The molecule has 0 spiro atoms. The summed E-state index contributed by atoms with van der Waals surface area (Å²) >= 11 is 0. The van der Waals surface area contributed by atoms with Gasteiger partial charge >= 0.3 is 0 Å². The molecule has 1 saturated carbocycles. The molecule has 132 valence electrons. The van der Waals surface area contributed by atoms with E-state index in [1.807, 2.05) is 39.0 Å². The fourth-order valence-corrected chi connectivity index (χ4v) is 3.30. The first-order valence-electron chi connectivity index (χ1n) is 9.16. The van der Waals surface area contributed by atoms with Crippen molar-refractivity contribution in [2.75, 3.05) is 0 Å². The van der Waals surface area contributed by atoms with Gasteiger partial charge in [0.2, 0.25) is 5.91 Å². The number of aryl methyl sites for hydroxylation is 1. The Morgan fingerprint density at radius 3 is 2.25 bits per heavy atom. The lowest BCUT2D eigenvalue weighted by Crippen LogP contribution is -2.52. The highest BCUT2D eigenvalue weighted by Crippen LogP contribution is 2.18. The van der Waals surface area contributed by atoms with Crippen molar-refractivity contribution in [3.8, 4) is 0 Å². The van der Waals surface area contributed by atoms with Gasteiger partial charge in [-0.25, -0.2) is 0 Å². The number of nitrogens with one attached hydrogen (secondary N) is 2. The lowest BCUT2D eigenvalue weighted by Gasteiger charge is -2.25. The molecular weight excluding hydrogens is 300 g/mol. The molecule has 1 atom stereocenters. The second-order valence-corrected chi connectivity index (χ2v) is 7.21. The molecule has 1 aliphatic carbocycles. The maximum absolute atomic E-state index is 12.7. The Kier molecular flexibility index (Phi) is 6.83. The smallest absolute Gasteiger partial charge is 0.252 e. The average molecular weight is 330 g/mol. The Balaban J connectivity index is 2.01. The van der Waals surface area contributed by atoms with Gasteiger partial charge in [-0.15, -0.1) is 0 Å². The normalized spacial score (nSPS) is 17.2. The van der Waals surface area contributed by atoms with E-state index in [1.54, 1.807) is 6.07 Å². The van der Waals surface area contributed by atoms with Gasteiger partial charge in [-0.3, -0.25) is 9.59 Å². The molecule has 2 amide bonds. The van der Waals surface area contributed by atoms with Crippen LogP contribution in [0.25, 0.3) is 0 Å². The molecule has 0 unspecified atom stereocenters. The van der Waals surface area contributed by atoms with Crippen LogP contribution < -0.4 is 10.6 Å². The van der Waals surface area contributed by atoms with E-state index < -0.39 is 6.04 Å². The summed E-state index contributed by atoms with van der Waals surface area (Å²) in [5.74, 6) is -0.189. The minimum Gasteiger partial charge on any atom is -0.352 e. The van der Waals surface area contributed by atoms with E-state index in [4.69, 9.17) is 0 Å². The van der Waals surface area contributed by atoms with Gasteiger partial charge in [-0.1, -0.05) is 57.7 Å². The molecule has 2 N–H and O–H groups in total. The lowest BCUT2D eigenvalue weighted by atomic mass is 10.0. The molecule has 0 bridgehead atoms. The summed E-state index contributed by atoms with van der Waals surface area (Å²) in [5, 5.41) is 6.09. The zero-order valence-electron chi connectivity index (χ0n) is 15.1. The zero-order chi connectivity index (χ0) is 17.5. The monoisotopic (exact) mass is 330 g/mol. The van der Waals surface area contributed by atoms with Crippen LogP contribution in [0.3, 0.4) is 0 Å². The van der Waals surface area contributed by atoms with E-state index in [2.05, 4.69) is 10.6 Å². The lowest BCUT2D eigenvalue weighted by molar-refractivity contribution is -0.124. The highest BCUT2D eigenvalue weighted by atomic mass is 16.2. The maximum Gasteiger partial charge on any atom is 0.252 e. The number of hydrogen-bond acceptors (Lipinski definition) is 2. The van der Waals surface area contributed by atoms with Gasteiger partial charge in [0, 0.05) is 11.6 Å². The summed E-state index contributed by atoms with van der Waals surface area (Å²) in [7, 11) is 0. The second-order valence-electron chi connectivity index (χ2n) is 7.21. The molecule has 2 rings (SSSR count). The first kappa shape index (κ1) is 18.5. The fourth-order valence-electron chi connectivity index (χ4n) is 3.30. The van der Waals surface area contributed by atoms with Crippen LogP contribution >= 0.6 is 0 Å². The molecule has 4 heteroatoms. The van der Waals surface area contributed by atoms with Crippen LogP contribution in [0.15, 0.2) is 24.3 Å². The topological polar surface area (TPSA) is 58.2 Å². The molecule has 1 fully saturated rings. The Morgan fingerprint density at radius 1 is 1.04 bits per heavy atom. The number of hydrogen-bond donors (Lipinski definition) is 2. The van der Waals surface area contributed by atoms with E-state index in [9.17, 15) is 9.59 Å². The van der Waals surface area contributed by atoms with Gasteiger partial charge in [0.1, 0.15) is 6.04 Å². The molecule has 0 heterocycles. The number of carbonyl (C=O) groups is 2. The number of amides is 2. The zero-order valence-corrected chi connectivity index (χ0v) is 15.1. The molecule has 1 aliphatic rings. The summed E-state index contributed by atoms with van der Waals surface area (Å²) in [6.45, 7) is 5.84. The van der Waals surface area contributed by atoms with E-state index in [1.165, 1.54) is 25.7 Å². The van der Waals surface area contributed by atoms with E-state index in [0.29, 0.717) is 5.56 Å². The molecule has 1 aromatic rings. The van der Waals surface area contributed by atoms with Gasteiger partial charge in [0.25, 0.3) is 5.91 Å². The van der Waals surface area contributed by atoms with E-state index in [-0.39, 0.29) is 23.8 Å². The molecular formula is C20H30N2O2. The first-order valence-corrected chi connectivity index (χ1v) is 9.16. The third-order valence-corrected chi connectivity index (χ3v) is 4.83. The first-order chi connectivity index (χ1) is 11.5. The quantitative estimate of drug-likeness (QED) is 0.811. The SMILES string of the molecule is Cc1ccccc1C(=O)N[C@@H](C(=O)NC1CCCCCC1)C(C)C. The van der Waals surface area contributed by atoms with Crippen molar-refractivity contribution in [2.45, 2.75) is 71.4 Å². The van der Waals surface area contributed by atoms with Crippen molar-refractivity contribution in [3.05, 3.63) is 35.4 Å². The van der Waals surface area contributed by atoms with Crippen molar-refractivity contribution < 1.29 is 9.59 Å². The molecule has 0 aliphatic heterocycles. The van der Waals surface area contributed by atoms with Crippen LogP contribution in [0.4, 0.5) is 0 Å². The Labute approximate surface area is 145 Å². The van der Waals surface area contributed by atoms with Crippen LogP contribution in [-0.2, 0) is 4.79 Å². The van der Waals surface area contributed by atoms with Crippen LogP contribution in [0, 0.1) is 12.8 Å². The second kappa shape index (κ2) is 8.86. The van der Waals surface area contributed by atoms with Gasteiger partial charge < -0.3 is 10.6 Å². The van der Waals surface area contributed by atoms with Crippen LogP contribution in [0.5, 0.6) is 0 Å². The Morgan fingerprint density at radius 2 is 1.67 bits per heavy atom. The van der Waals surface area contributed by atoms with Gasteiger partial charge in [-0.2, -0.15) is 0 Å². The van der Waals surface area contributed by atoms with Gasteiger partial charge in [-0.05, 0) is 37.3 Å². The Bertz CT molecular complexity index is 561. The summed E-state index contributed by atoms with van der Waals surface area (Å²) in [6.07, 6.45) is 6.94. The van der Waals surface area contributed by atoms with Crippen molar-refractivity contribution in [1.29, 1.82) is 0 Å². The largest absolute Gasteiger partial charge is 0.352 e. The number of benzene rings is 1. The maximum atomic E-state index is 12.7. The van der Waals surface area contributed by atoms with Gasteiger partial charge in [0.05, 0.1) is 0 Å². The standard InChI is InChI=1S/C20H30N2O2/c1-14(2)18(20(24)21-16-11-6-4-5-7-12-16)22-19(23)17-13-9-8-10-15(17)3/h8-10,13-14,16,18H,4-7,11-12H2,1-3H3,(H,21,24)(H,22,23)/t18-/m1/s1. The van der Waals surface area contributed by atoms with E-state index >= 15 is 0 Å². The van der Waals surface area contributed by atoms with Gasteiger partial charge in [0.15, 0.2) is 0 Å². The highest BCUT2D eigenvalue weighted by Gasteiger charge is 2.27. The molecule has 0 aromatic heterocycles. The molecule has 24 heavy (non-hydrogen) atoms. The minimum atomic E-state index is -0.500. The minimum absolute atomic E-state index is 0.0451. The number of carbonyl (C=O) groups excluding carboxylic acids is 2. The molecule has 4 nitrogen and oxygen atoms in total. The van der Waals surface area contributed by atoms with E-state index in [0.717, 1.165) is 18.4 Å². The van der Waals surface area contributed by atoms with Crippen LogP contribution in [0.1, 0.15) is 68.3 Å². The van der Waals surface area contributed by atoms with Crippen molar-refractivity contribution in [1.82, 2.24) is 10.6 Å². The number of rotatable bonds is 5. The molecule has 0 saturated heterocycles. The highest BCUT2D eigenvalue weighted by molar-refractivity contribution is 5.98. The molecule has 0 radical (unpaired) electrons. The predicted octanol–water partition coefficient (Wildman–Crippen LogP) is 3.59. The fraction of sp³-hybridized carbons (Fsp3) is 0.600. The van der Waals surface area contributed by atoms with Crippen LogP contribution in [-0.4, -0.2) is 23.9 Å². The van der Waals surface area contributed by atoms with Crippen molar-refractivity contribution in [3.63, 3.8) is 0 Å². The third kappa shape index (κ3) is 5.08. The summed E-state index contributed by atoms with van der Waals surface area (Å²) in [4.78, 5) is 25.2. The third-order valence-electron chi connectivity index (χ3n) is 4.83. The van der Waals surface area contributed by atoms with Crippen molar-refractivity contribution >= 4 is 11.8 Å².